The highest BCUT2D eigenvalue weighted by molar-refractivity contribution is 8.16. The largest absolute Gasteiger partial charge is 0.325 e. The van der Waals surface area contributed by atoms with E-state index in [0.717, 1.165) is 29.6 Å². The lowest BCUT2D eigenvalue weighted by Gasteiger charge is -2.17. The molecule has 21 heavy (non-hydrogen) atoms. The summed E-state index contributed by atoms with van der Waals surface area (Å²) in [5.41, 5.74) is 3.14. The summed E-state index contributed by atoms with van der Waals surface area (Å²) in [4.78, 5) is 18.8. The number of fused-ring (bicyclic) bond motifs is 1. The summed E-state index contributed by atoms with van der Waals surface area (Å²) in [5.74, 6) is 0.420. The molecule has 0 saturated heterocycles. The summed E-state index contributed by atoms with van der Waals surface area (Å²) < 4.78 is 0. The Morgan fingerprint density at radius 1 is 1.43 bits per heavy atom. The van der Waals surface area contributed by atoms with Crippen LogP contribution in [0.2, 0.25) is 0 Å². The highest BCUT2D eigenvalue weighted by Crippen LogP contribution is 2.31. The van der Waals surface area contributed by atoms with Gasteiger partial charge >= 0.3 is 0 Å². The van der Waals surface area contributed by atoms with Crippen molar-refractivity contribution in [3.8, 4) is 0 Å². The average molecular weight is 301 g/mol. The number of nitrogens with zero attached hydrogens (tertiary/aromatic N) is 2. The molecule has 1 N–H and O–H groups in total. The first-order chi connectivity index (χ1) is 10.1. The van der Waals surface area contributed by atoms with E-state index >= 15 is 0 Å². The number of carbonyl (C=O) groups is 1. The van der Waals surface area contributed by atoms with Crippen LogP contribution in [0.3, 0.4) is 0 Å². The number of benzene rings is 1. The van der Waals surface area contributed by atoms with Crippen molar-refractivity contribution in [3.05, 3.63) is 40.9 Å². The normalized spacial score (nSPS) is 16.8. The highest BCUT2D eigenvalue weighted by Gasteiger charge is 2.27. The molecule has 1 amide bonds. The van der Waals surface area contributed by atoms with E-state index in [1.54, 1.807) is 11.8 Å². The van der Waals surface area contributed by atoms with Crippen LogP contribution in [0.15, 0.2) is 40.4 Å². The maximum atomic E-state index is 12.3. The zero-order valence-electron chi connectivity index (χ0n) is 12.3. The molecule has 0 radical (unpaired) electrons. The molecule has 0 aliphatic carbocycles. The minimum absolute atomic E-state index is 0.0306. The van der Waals surface area contributed by atoms with Crippen LogP contribution in [0.1, 0.15) is 31.7 Å². The third kappa shape index (κ3) is 2.97. The van der Waals surface area contributed by atoms with Crippen LogP contribution in [0.4, 0.5) is 5.69 Å². The molecule has 0 fully saturated rings. The number of thioether (sulfide) groups is 1. The van der Waals surface area contributed by atoms with Gasteiger partial charge in [0.1, 0.15) is 0 Å². The molecule has 2 aliphatic heterocycles. The summed E-state index contributed by atoms with van der Waals surface area (Å²) in [6.45, 7) is 5.99. The fourth-order valence-corrected chi connectivity index (χ4v) is 3.54. The Kier molecular flexibility index (Phi) is 4.01. The number of aliphatic imine (C=N–C) groups is 1. The van der Waals surface area contributed by atoms with Crippen LogP contribution in [-0.4, -0.2) is 29.1 Å². The van der Waals surface area contributed by atoms with Crippen LogP contribution >= 0.6 is 11.8 Å². The molecule has 3 rings (SSSR count). The van der Waals surface area contributed by atoms with Gasteiger partial charge in [-0.25, -0.2) is 0 Å². The smallest absolute Gasteiger partial charge is 0.230 e. The van der Waals surface area contributed by atoms with Crippen molar-refractivity contribution < 1.29 is 4.79 Å². The average Bonchev–Trinajstić information content (AvgIpc) is 3.04. The molecule has 0 unspecified atom stereocenters. The Labute approximate surface area is 129 Å². The maximum absolute atomic E-state index is 12.3. The zero-order chi connectivity index (χ0) is 14.8. The Morgan fingerprint density at radius 2 is 2.24 bits per heavy atom. The summed E-state index contributed by atoms with van der Waals surface area (Å²) in [6, 6.07) is 8.00. The molecule has 1 aromatic rings. The van der Waals surface area contributed by atoms with Crippen LogP contribution in [0, 0.1) is 0 Å². The van der Waals surface area contributed by atoms with Gasteiger partial charge in [0.2, 0.25) is 5.91 Å². The van der Waals surface area contributed by atoms with Gasteiger partial charge in [-0.3, -0.25) is 9.79 Å². The van der Waals surface area contributed by atoms with E-state index in [4.69, 9.17) is 0 Å². The molecule has 0 saturated carbocycles. The minimum atomic E-state index is 0.0306. The van der Waals surface area contributed by atoms with Crippen LogP contribution < -0.4 is 5.32 Å². The predicted octanol–water partition coefficient (Wildman–Crippen LogP) is 3.40. The Balaban J connectivity index is 1.66. The second kappa shape index (κ2) is 5.93. The molecule has 2 heterocycles. The van der Waals surface area contributed by atoms with Gasteiger partial charge in [-0.05, 0) is 23.0 Å². The highest BCUT2D eigenvalue weighted by atomic mass is 32.2. The summed E-state index contributed by atoms with van der Waals surface area (Å²) in [6.07, 6.45) is 0.401. The van der Waals surface area contributed by atoms with E-state index in [9.17, 15) is 4.79 Å². The first-order valence-electron chi connectivity index (χ1n) is 7.21. The van der Waals surface area contributed by atoms with E-state index in [2.05, 4.69) is 35.1 Å². The topological polar surface area (TPSA) is 44.7 Å². The standard InChI is InChI=1S/C16H19N3OS/c1-11(2)13-5-3-4-6-14(13)18-15(20)9-12-10-21-16-17-7-8-19(12)16/h3-6,10-11H,7-9H2,1-2H3,(H,18,20). The SMILES string of the molecule is CC(C)c1ccccc1NC(=O)CC1=CSC2=NCCN12. The van der Waals surface area contributed by atoms with E-state index in [1.807, 2.05) is 23.6 Å². The van der Waals surface area contributed by atoms with Gasteiger partial charge in [0.05, 0.1) is 13.0 Å². The molecule has 0 bridgehead atoms. The first-order valence-corrected chi connectivity index (χ1v) is 8.09. The number of amides is 1. The Hall–Kier alpha value is -1.75. The molecule has 0 spiro atoms. The quantitative estimate of drug-likeness (QED) is 0.927. The molecule has 4 nitrogen and oxygen atoms in total. The molecular formula is C16H19N3OS. The van der Waals surface area contributed by atoms with Crippen molar-refractivity contribution in [2.45, 2.75) is 26.2 Å². The van der Waals surface area contributed by atoms with Gasteiger partial charge in [0.15, 0.2) is 5.17 Å². The Bertz CT molecular complexity index is 622. The van der Waals surface area contributed by atoms with Gasteiger partial charge in [-0.1, -0.05) is 43.8 Å². The maximum Gasteiger partial charge on any atom is 0.230 e. The van der Waals surface area contributed by atoms with Crippen molar-refractivity contribution in [1.82, 2.24) is 4.90 Å². The number of nitrogens with one attached hydrogen (secondary N) is 1. The molecule has 110 valence electrons. The third-order valence-electron chi connectivity index (χ3n) is 3.65. The summed E-state index contributed by atoms with van der Waals surface area (Å²) in [5, 5.41) is 6.10. The van der Waals surface area contributed by atoms with Gasteiger partial charge in [-0.15, -0.1) is 0 Å². The summed E-state index contributed by atoms with van der Waals surface area (Å²) in [7, 11) is 0. The van der Waals surface area contributed by atoms with Gasteiger partial charge < -0.3 is 10.2 Å². The lowest BCUT2D eigenvalue weighted by molar-refractivity contribution is -0.115. The van der Waals surface area contributed by atoms with Gasteiger partial charge in [-0.2, -0.15) is 0 Å². The number of para-hydroxylation sites is 1. The fraction of sp³-hybridized carbons (Fsp3) is 0.375. The molecule has 0 aromatic heterocycles. The van der Waals surface area contributed by atoms with Crippen LogP contribution in [-0.2, 0) is 4.79 Å². The fourth-order valence-electron chi connectivity index (χ4n) is 2.59. The molecule has 5 heteroatoms. The summed E-state index contributed by atoms with van der Waals surface area (Å²) >= 11 is 1.61. The van der Waals surface area contributed by atoms with Crippen LogP contribution in [0.25, 0.3) is 0 Å². The van der Waals surface area contributed by atoms with Crippen molar-refractivity contribution in [2.24, 2.45) is 4.99 Å². The Morgan fingerprint density at radius 3 is 3.05 bits per heavy atom. The number of anilines is 1. The molecular weight excluding hydrogens is 282 g/mol. The molecule has 1 aromatic carbocycles. The molecule has 0 atom stereocenters. The predicted molar refractivity (Wildman–Crippen MR) is 88.5 cm³/mol. The number of rotatable bonds is 4. The number of amidine groups is 1. The van der Waals surface area contributed by atoms with Crippen LogP contribution in [0.5, 0.6) is 0 Å². The number of hydrogen-bond acceptors (Lipinski definition) is 4. The number of hydrogen-bond donors (Lipinski definition) is 1. The van der Waals surface area contributed by atoms with Crippen molar-refractivity contribution in [3.63, 3.8) is 0 Å². The van der Waals surface area contributed by atoms with Crippen molar-refractivity contribution in [2.75, 3.05) is 18.4 Å². The van der Waals surface area contributed by atoms with E-state index in [0.29, 0.717) is 12.3 Å². The number of carbonyl (C=O) groups excluding carboxylic acids is 1. The third-order valence-corrected chi connectivity index (χ3v) is 4.60. The minimum Gasteiger partial charge on any atom is -0.325 e. The first kappa shape index (κ1) is 14.2. The van der Waals surface area contributed by atoms with E-state index in [-0.39, 0.29) is 5.91 Å². The zero-order valence-corrected chi connectivity index (χ0v) is 13.1. The van der Waals surface area contributed by atoms with Crippen molar-refractivity contribution >= 4 is 28.5 Å². The lowest BCUT2D eigenvalue weighted by Crippen LogP contribution is -2.24. The van der Waals surface area contributed by atoms with Gasteiger partial charge in [0.25, 0.3) is 0 Å². The van der Waals surface area contributed by atoms with E-state index < -0.39 is 0 Å². The molecule has 2 aliphatic rings. The second-order valence-corrected chi connectivity index (χ2v) is 6.35. The van der Waals surface area contributed by atoms with E-state index in [1.165, 1.54) is 5.56 Å². The van der Waals surface area contributed by atoms with Gasteiger partial charge in [0, 0.05) is 17.9 Å². The van der Waals surface area contributed by atoms with Crippen molar-refractivity contribution in [1.29, 1.82) is 0 Å². The monoisotopic (exact) mass is 301 g/mol. The second-order valence-electron chi connectivity index (χ2n) is 5.51. The lowest BCUT2D eigenvalue weighted by atomic mass is 10.0.